The number of carbonyl (C=O) groups is 1. The van der Waals surface area contributed by atoms with E-state index in [1.54, 1.807) is 31.6 Å². The van der Waals surface area contributed by atoms with E-state index in [-0.39, 0.29) is 11.7 Å². The molecule has 0 saturated carbocycles. The summed E-state index contributed by atoms with van der Waals surface area (Å²) >= 11 is 0. The van der Waals surface area contributed by atoms with Gasteiger partial charge in [0, 0.05) is 35.2 Å². The van der Waals surface area contributed by atoms with Gasteiger partial charge in [0.05, 0.1) is 13.4 Å². The maximum absolute atomic E-state index is 13.3. The summed E-state index contributed by atoms with van der Waals surface area (Å²) in [6.07, 6.45) is 11.3. The first-order chi connectivity index (χ1) is 15.5. The summed E-state index contributed by atoms with van der Waals surface area (Å²) in [7, 11) is 1.60. The van der Waals surface area contributed by atoms with Crippen molar-refractivity contribution in [3.63, 3.8) is 0 Å². The molecule has 1 aliphatic carbocycles. The van der Waals surface area contributed by atoms with Gasteiger partial charge < -0.3 is 14.5 Å². The molecule has 0 fully saturated rings. The third-order valence-corrected chi connectivity index (χ3v) is 5.95. The molecule has 2 aromatic carbocycles. The van der Waals surface area contributed by atoms with E-state index in [9.17, 15) is 9.18 Å². The minimum absolute atomic E-state index is 0.119. The van der Waals surface area contributed by atoms with Crippen molar-refractivity contribution >= 4 is 22.4 Å². The second kappa shape index (κ2) is 9.86. The number of nitrogens with one attached hydrogen (secondary N) is 1. The lowest BCUT2D eigenvalue weighted by molar-refractivity contribution is -0.116. The molecule has 5 heteroatoms. The molecule has 0 atom stereocenters. The van der Waals surface area contributed by atoms with Crippen molar-refractivity contribution in [2.75, 3.05) is 13.7 Å². The Hall–Kier alpha value is -3.34. The van der Waals surface area contributed by atoms with Gasteiger partial charge in [-0.15, -0.1) is 0 Å². The molecule has 166 valence electrons. The lowest BCUT2D eigenvalue weighted by Gasteiger charge is -2.13. The summed E-state index contributed by atoms with van der Waals surface area (Å²) in [4.78, 5) is 12.5. The molecule has 1 amide bonds. The molecule has 0 spiro atoms. The van der Waals surface area contributed by atoms with E-state index in [2.05, 4.69) is 11.4 Å². The van der Waals surface area contributed by atoms with Gasteiger partial charge in [0.2, 0.25) is 5.91 Å². The molecule has 0 bridgehead atoms. The van der Waals surface area contributed by atoms with Gasteiger partial charge in [-0.25, -0.2) is 4.39 Å². The number of allylic oxidation sites excluding steroid dienone is 2. The third kappa shape index (κ3) is 4.93. The van der Waals surface area contributed by atoms with E-state index in [1.807, 2.05) is 19.1 Å². The molecule has 4 nitrogen and oxygen atoms in total. The van der Waals surface area contributed by atoms with E-state index in [0.717, 1.165) is 46.9 Å². The van der Waals surface area contributed by atoms with Crippen molar-refractivity contribution < 1.29 is 18.3 Å². The van der Waals surface area contributed by atoms with Gasteiger partial charge in [0.1, 0.15) is 17.1 Å². The van der Waals surface area contributed by atoms with Crippen LogP contribution in [0.25, 0.3) is 27.7 Å². The summed E-state index contributed by atoms with van der Waals surface area (Å²) in [6.45, 7) is 2.53. The van der Waals surface area contributed by atoms with Crippen molar-refractivity contribution in [2.24, 2.45) is 0 Å². The highest BCUT2D eigenvalue weighted by atomic mass is 19.1. The molecular formula is C27H28FNO3. The fourth-order valence-electron chi connectivity index (χ4n) is 4.19. The van der Waals surface area contributed by atoms with Crippen molar-refractivity contribution in [3.8, 4) is 16.9 Å². The number of halogens is 1. The van der Waals surface area contributed by atoms with Crippen molar-refractivity contribution in [1.82, 2.24) is 5.32 Å². The van der Waals surface area contributed by atoms with Crippen LogP contribution in [-0.2, 0) is 4.79 Å². The SMILES string of the molecule is COc1cc2occ(-c3ccc(F)cc3)c2cc1/C(C)=C/C(=O)NCCC1=CCCCC1. The first-order valence-electron chi connectivity index (χ1n) is 11.0. The van der Waals surface area contributed by atoms with Crippen LogP contribution in [0.15, 0.2) is 64.8 Å². The average molecular weight is 434 g/mol. The van der Waals surface area contributed by atoms with Gasteiger partial charge in [-0.05, 0) is 68.4 Å². The van der Waals surface area contributed by atoms with Crippen molar-refractivity contribution in [3.05, 3.63) is 71.8 Å². The second-order valence-electron chi connectivity index (χ2n) is 8.18. The van der Waals surface area contributed by atoms with Gasteiger partial charge in [-0.2, -0.15) is 0 Å². The highest BCUT2D eigenvalue weighted by molar-refractivity contribution is 6.00. The molecule has 0 unspecified atom stereocenters. The summed E-state index contributed by atoms with van der Waals surface area (Å²) < 4.78 is 24.6. The fraction of sp³-hybridized carbons (Fsp3) is 0.296. The quantitative estimate of drug-likeness (QED) is 0.335. The molecular weight excluding hydrogens is 405 g/mol. The molecule has 0 aliphatic heterocycles. The number of furan rings is 1. The van der Waals surface area contributed by atoms with Crippen LogP contribution in [0.4, 0.5) is 4.39 Å². The van der Waals surface area contributed by atoms with Gasteiger partial charge >= 0.3 is 0 Å². The Morgan fingerprint density at radius 2 is 2.03 bits per heavy atom. The van der Waals surface area contributed by atoms with Crippen LogP contribution in [0.1, 0.15) is 44.6 Å². The Morgan fingerprint density at radius 1 is 1.22 bits per heavy atom. The lowest BCUT2D eigenvalue weighted by atomic mass is 9.97. The normalized spacial score (nSPS) is 14.3. The maximum Gasteiger partial charge on any atom is 0.244 e. The predicted octanol–water partition coefficient (Wildman–Crippen LogP) is 6.66. The van der Waals surface area contributed by atoms with E-state index in [1.165, 1.54) is 30.5 Å². The zero-order valence-corrected chi connectivity index (χ0v) is 18.5. The zero-order valence-electron chi connectivity index (χ0n) is 18.5. The van der Waals surface area contributed by atoms with E-state index in [0.29, 0.717) is 17.9 Å². The highest BCUT2D eigenvalue weighted by Crippen LogP contribution is 2.37. The van der Waals surface area contributed by atoms with Crippen LogP contribution in [0.5, 0.6) is 5.75 Å². The first kappa shape index (κ1) is 21.9. The van der Waals surface area contributed by atoms with Gasteiger partial charge in [-0.3, -0.25) is 4.79 Å². The summed E-state index contributed by atoms with van der Waals surface area (Å²) in [5.41, 5.74) is 5.44. The largest absolute Gasteiger partial charge is 0.496 e. The van der Waals surface area contributed by atoms with Crippen LogP contribution in [0.3, 0.4) is 0 Å². The van der Waals surface area contributed by atoms with Crippen molar-refractivity contribution in [2.45, 2.75) is 39.0 Å². The second-order valence-corrected chi connectivity index (χ2v) is 8.18. The van der Waals surface area contributed by atoms with Gasteiger partial charge in [0.25, 0.3) is 0 Å². The van der Waals surface area contributed by atoms with E-state index >= 15 is 0 Å². The Labute approximate surface area is 187 Å². The molecule has 1 aliphatic rings. The Morgan fingerprint density at radius 3 is 2.75 bits per heavy atom. The summed E-state index contributed by atoms with van der Waals surface area (Å²) in [5, 5.41) is 3.87. The number of methoxy groups -OCH3 is 1. The summed E-state index contributed by atoms with van der Waals surface area (Å²) in [6, 6.07) is 10.1. The number of hydrogen-bond donors (Lipinski definition) is 1. The van der Waals surface area contributed by atoms with Gasteiger partial charge in [-0.1, -0.05) is 23.8 Å². The topological polar surface area (TPSA) is 51.5 Å². The minimum atomic E-state index is -0.284. The predicted molar refractivity (Wildman–Crippen MR) is 126 cm³/mol. The van der Waals surface area contributed by atoms with Gasteiger partial charge in [0.15, 0.2) is 0 Å². The molecule has 1 heterocycles. The van der Waals surface area contributed by atoms with Crippen molar-refractivity contribution in [1.29, 1.82) is 0 Å². The fourth-order valence-corrected chi connectivity index (χ4v) is 4.19. The standard InChI is InChI=1S/C27H28FNO3/c1-18(14-27(30)29-13-12-19-6-4-3-5-7-19)22-15-23-24(20-8-10-21(28)11-9-20)17-32-26(23)16-25(22)31-2/h6,8-11,14-17H,3-5,7,12-13H2,1-2H3,(H,29,30)/b18-14+. The third-order valence-electron chi connectivity index (χ3n) is 5.95. The van der Waals surface area contributed by atoms with Crippen LogP contribution in [-0.4, -0.2) is 19.6 Å². The molecule has 0 saturated heterocycles. The number of rotatable bonds is 7. The number of ether oxygens (including phenoxy) is 1. The van der Waals surface area contributed by atoms with Crippen LogP contribution in [0, 0.1) is 5.82 Å². The van der Waals surface area contributed by atoms with Crippen LogP contribution >= 0.6 is 0 Å². The van der Waals surface area contributed by atoms with Crippen LogP contribution in [0.2, 0.25) is 0 Å². The molecule has 32 heavy (non-hydrogen) atoms. The average Bonchev–Trinajstić information content (AvgIpc) is 3.22. The molecule has 3 aromatic rings. The smallest absolute Gasteiger partial charge is 0.244 e. The molecule has 1 aromatic heterocycles. The molecule has 1 N–H and O–H groups in total. The highest BCUT2D eigenvalue weighted by Gasteiger charge is 2.15. The number of benzene rings is 2. The van der Waals surface area contributed by atoms with Crippen LogP contribution < -0.4 is 10.1 Å². The molecule has 4 rings (SSSR count). The lowest BCUT2D eigenvalue weighted by Crippen LogP contribution is -2.23. The summed E-state index contributed by atoms with van der Waals surface area (Å²) in [5.74, 6) is 0.229. The Kier molecular flexibility index (Phi) is 6.74. The maximum atomic E-state index is 13.3. The minimum Gasteiger partial charge on any atom is -0.496 e. The Bertz CT molecular complexity index is 1170. The van der Waals surface area contributed by atoms with E-state index < -0.39 is 0 Å². The first-order valence-corrected chi connectivity index (χ1v) is 11.0. The molecule has 0 radical (unpaired) electrons. The number of hydrogen-bond acceptors (Lipinski definition) is 3. The zero-order chi connectivity index (χ0) is 22.5. The number of amides is 1. The number of fused-ring (bicyclic) bond motifs is 1. The Balaban J connectivity index is 1.56. The number of carbonyl (C=O) groups excluding carboxylic acids is 1. The monoisotopic (exact) mass is 433 g/mol. The van der Waals surface area contributed by atoms with E-state index in [4.69, 9.17) is 9.15 Å².